The van der Waals surface area contributed by atoms with E-state index in [1.54, 1.807) is 0 Å². The topological polar surface area (TPSA) is 68.2 Å². The minimum Gasteiger partial charge on any atom is -0.378 e. The molecule has 2 N–H and O–H groups in total. The number of aromatic nitrogens is 2. The normalized spacial score (nSPS) is 20.1. The van der Waals surface area contributed by atoms with Gasteiger partial charge in [0, 0.05) is 37.3 Å². The third-order valence-electron chi connectivity index (χ3n) is 3.55. The summed E-state index contributed by atoms with van der Waals surface area (Å²) in [6, 6.07) is 0.0988. The number of carbonyl (C=O) groups is 1. The maximum Gasteiger partial charge on any atom is 0.222 e. The number of hydrogen-bond acceptors (Lipinski definition) is 4. The summed E-state index contributed by atoms with van der Waals surface area (Å²) in [5, 5.41) is 10.5. The number of amides is 1. The molecule has 1 aliphatic rings. The lowest BCUT2D eigenvalue weighted by atomic mass is 10.1. The lowest BCUT2D eigenvalue weighted by molar-refractivity contribution is -0.122. The number of hydrogen-bond donors (Lipinski definition) is 2. The molecule has 1 amide bonds. The van der Waals surface area contributed by atoms with E-state index < -0.39 is 0 Å². The maximum absolute atomic E-state index is 12.0. The van der Waals surface area contributed by atoms with Crippen LogP contribution in [0.15, 0.2) is 6.20 Å². The van der Waals surface area contributed by atoms with Crippen molar-refractivity contribution in [3.63, 3.8) is 0 Å². The molecule has 1 aliphatic heterocycles. The zero-order valence-corrected chi connectivity index (χ0v) is 13.0. The Morgan fingerprint density at radius 1 is 1.70 bits per heavy atom. The highest BCUT2D eigenvalue weighted by Crippen LogP contribution is 2.16. The molecule has 0 aliphatic carbocycles. The Balaban J connectivity index is 0.00000200. The van der Waals surface area contributed by atoms with Gasteiger partial charge < -0.3 is 15.4 Å². The lowest BCUT2D eigenvalue weighted by Gasteiger charge is -2.24. The molecule has 0 aromatic carbocycles. The van der Waals surface area contributed by atoms with Gasteiger partial charge in [0.05, 0.1) is 25.5 Å². The Bertz CT molecular complexity index is 444. The Morgan fingerprint density at radius 2 is 2.45 bits per heavy atom. The van der Waals surface area contributed by atoms with E-state index in [9.17, 15) is 4.79 Å². The SMILES string of the molecule is Cc1c(C(C)NC(=O)CC2COCCN2)cnn1C.Cl. The first kappa shape index (κ1) is 16.9. The smallest absolute Gasteiger partial charge is 0.222 e. The van der Waals surface area contributed by atoms with Crippen LogP contribution in [0.3, 0.4) is 0 Å². The van der Waals surface area contributed by atoms with E-state index in [4.69, 9.17) is 4.74 Å². The molecule has 1 fully saturated rings. The number of aryl methyl sites for hydroxylation is 1. The molecule has 6 nitrogen and oxygen atoms in total. The van der Waals surface area contributed by atoms with Crippen molar-refractivity contribution in [3.05, 3.63) is 17.5 Å². The van der Waals surface area contributed by atoms with Crippen molar-refractivity contribution in [2.75, 3.05) is 19.8 Å². The van der Waals surface area contributed by atoms with Crippen molar-refractivity contribution in [1.82, 2.24) is 20.4 Å². The van der Waals surface area contributed by atoms with Crippen LogP contribution in [-0.2, 0) is 16.6 Å². The van der Waals surface area contributed by atoms with Crippen LogP contribution >= 0.6 is 12.4 Å². The van der Waals surface area contributed by atoms with Gasteiger partial charge in [0.25, 0.3) is 0 Å². The summed E-state index contributed by atoms with van der Waals surface area (Å²) in [7, 11) is 1.90. The number of nitrogens with one attached hydrogen (secondary N) is 2. The van der Waals surface area contributed by atoms with Crippen molar-refractivity contribution < 1.29 is 9.53 Å². The summed E-state index contributed by atoms with van der Waals surface area (Å²) in [5.74, 6) is 0.0405. The van der Waals surface area contributed by atoms with Crippen LogP contribution in [0.5, 0.6) is 0 Å². The van der Waals surface area contributed by atoms with Crippen molar-refractivity contribution in [3.8, 4) is 0 Å². The van der Waals surface area contributed by atoms with E-state index in [1.807, 2.05) is 31.8 Å². The quantitative estimate of drug-likeness (QED) is 0.859. The summed E-state index contributed by atoms with van der Waals surface area (Å²) in [4.78, 5) is 12.0. The third-order valence-corrected chi connectivity index (χ3v) is 3.55. The van der Waals surface area contributed by atoms with Gasteiger partial charge in [0.2, 0.25) is 5.91 Å². The van der Waals surface area contributed by atoms with Crippen LogP contribution in [0, 0.1) is 6.92 Å². The second-order valence-electron chi connectivity index (χ2n) is 5.03. The Labute approximate surface area is 125 Å². The fourth-order valence-corrected chi connectivity index (χ4v) is 2.29. The van der Waals surface area contributed by atoms with Gasteiger partial charge in [0.15, 0.2) is 0 Å². The Hall–Kier alpha value is -1.11. The molecule has 0 radical (unpaired) electrons. The summed E-state index contributed by atoms with van der Waals surface area (Å²) in [6.45, 7) is 6.13. The first-order valence-corrected chi connectivity index (χ1v) is 6.67. The number of nitrogens with zero attached hydrogens (tertiary/aromatic N) is 2. The van der Waals surface area contributed by atoms with E-state index in [0.29, 0.717) is 13.0 Å². The monoisotopic (exact) mass is 302 g/mol. The van der Waals surface area contributed by atoms with E-state index in [-0.39, 0.29) is 30.4 Å². The van der Waals surface area contributed by atoms with Crippen molar-refractivity contribution >= 4 is 18.3 Å². The minimum absolute atomic E-state index is 0. The van der Waals surface area contributed by atoms with Crippen molar-refractivity contribution in [1.29, 1.82) is 0 Å². The van der Waals surface area contributed by atoms with Gasteiger partial charge in [-0.05, 0) is 13.8 Å². The third kappa shape index (κ3) is 4.19. The van der Waals surface area contributed by atoms with Crippen LogP contribution in [0.1, 0.15) is 30.6 Å². The van der Waals surface area contributed by atoms with Gasteiger partial charge in [-0.2, -0.15) is 5.10 Å². The van der Waals surface area contributed by atoms with E-state index in [0.717, 1.165) is 24.4 Å². The summed E-state index contributed by atoms with van der Waals surface area (Å²) in [6.07, 6.45) is 2.26. The predicted molar refractivity (Wildman–Crippen MR) is 79.0 cm³/mol. The Morgan fingerprint density at radius 3 is 3.00 bits per heavy atom. The molecule has 0 spiro atoms. The summed E-state index contributed by atoms with van der Waals surface area (Å²) in [5.41, 5.74) is 2.13. The second-order valence-corrected chi connectivity index (χ2v) is 5.03. The van der Waals surface area contributed by atoms with Crippen LogP contribution in [0.4, 0.5) is 0 Å². The summed E-state index contributed by atoms with van der Waals surface area (Å²) < 4.78 is 7.15. The average molecular weight is 303 g/mol. The molecule has 1 aromatic rings. The molecule has 0 saturated carbocycles. The molecule has 2 rings (SSSR count). The van der Waals surface area contributed by atoms with Crippen molar-refractivity contribution in [2.24, 2.45) is 7.05 Å². The van der Waals surface area contributed by atoms with E-state index in [1.165, 1.54) is 0 Å². The predicted octanol–water partition coefficient (Wildman–Crippen LogP) is 0.706. The first-order chi connectivity index (χ1) is 9.08. The van der Waals surface area contributed by atoms with Crippen LogP contribution in [0.2, 0.25) is 0 Å². The van der Waals surface area contributed by atoms with Crippen LogP contribution < -0.4 is 10.6 Å². The maximum atomic E-state index is 12.0. The molecule has 2 heterocycles. The molecule has 2 atom stereocenters. The second kappa shape index (κ2) is 7.61. The zero-order chi connectivity index (χ0) is 13.8. The van der Waals surface area contributed by atoms with E-state index >= 15 is 0 Å². The molecule has 114 valence electrons. The van der Waals surface area contributed by atoms with Gasteiger partial charge in [0.1, 0.15) is 0 Å². The fourth-order valence-electron chi connectivity index (χ4n) is 2.29. The molecule has 7 heteroatoms. The molecule has 0 bridgehead atoms. The Kier molecular flexibility index (Phi) is 6.45. The highest BCUT2D eigenvalue weighted by atomic mass is 35.5. The summed E-state index contributed by atoms with van der Waals surface area (Å²) >= 11 is 0. The molecular weight excluding hydrogens is 280 g/mol. The van der Waals surface area contributed by atoms with Gasteiger partial charge >= 0.3 is 0 Å². The van der Waals surface area contributed by atoms with Gasteiger partial charge in [-0.3, -0.25) is 9.48 Å². The first-order valence-electron chi connectivity index (χ1n) is 6.67. The largest absolute Gasteiger partial charge is 0.378 e. The number of rotatable bonds is 4. The lowest BCUT2D eigenvalue weighted by Crippen LogP contribution is -2.44. The molecule has 20 heavy (non-hydrogen) atoms. The molecular formula is C13H23ClN4O2. The highest BCUT2D eigenvalue weighted by Gasteiger charge is 2.19. The van der Waals surface area contributed by atoms with Gasteiger partial charge in [-0.1, -0.05) is 0 Å². The van der Waals surface area contributed by atoms with Crippen LogP contribution in [0.25, 0.3) is 0 Å². The molecule has 2 unspecified atom stereocenters. The number of carbonyl (C=O) groups excluding carboxylic acids is 1. The average Bonchev–Trinajstić information content (AvgIpc) is 2.71. The minimum atomic E-state index is -0.0225. The number of ether oxygens (including phenoxy) is 1. The van der Waals surface area contributed by atoms with Gasteiger partial charge in [-0.15, -0.1) is 12.4 Å². The van der Waals surface area contributed by atoms with Crippen molar-refractivity contribution in [2.45, 2.75) is 32.4 Å². The number of morpholine rings is 1. The zero-order valence-electron chi connectivity index (χ0n) is 12.2. The molecule has 1 saturated heterocycles. The van der Waals surface area contributed by atoms with Crippen LogP contribution in [-0.4, -0.2) is 41.5 Å². The van der Waals surface area contributed by atoms with Gasteiger partial charge in [-0.25, -0.2) is 0 Å². The highest BCUT2D eigenvalue weighted by molar-refractivity contribution is 5.85. The standard InChI is InChI=1S/C13H22N4O2.ClH/c1-9(12-7-15-17(3)10(12)2)16-13(18)6-11-8-19-5-4-14-11;/h7,9,11,14H,4-6,8H2,1-3H3,(H,16,18);1H. The van der Waals surface area contributed by atoms with E-state index in [2.05, 4.69) is 15.7 Å². The fraction of sp³-hybridized carbons (Fsp3) is 0.692. The molecule has 1 aromatic heterocycles. The number of halogens is 1.